The van der Waals surface area contributed by atoms with Crippen LogP contribution in [0.5, 0.6) is 0 Å². The van der Waals surface area contributed by atoms with Gasteiger partial charge in [-0.25, -0.2) is 0 Å². The second kappa shape index (κ2) is 4.19. The molecule has 17 heavy (non-hydrogen) atoms. The second-order valence-corrected chi connectivity index (χ2v) is 5.27. The number of nitrogens with zero attached hydrogens (tertiary/aromatic N) is 2. The normalized spacial score (nSPS) is 24.4. The van der Waals surface area contributed by atoms with E-state index in [4.69, 9.17) is 14.7 Å². The molecule has 1 saturated heterocycles. The molecule has 0 aliphatic carbocycles. The monoisotopic (exact) mass is 251 g/mol. The van der Waals surface area contributed by atoms with Crippen molar-refractivity contribution in [2.45, 2.75) is 18.9 Å². The second-order valence-electron chi connectivity index (χ2n) is 4.20. The Kier molecular flexibility index (Phi) is 2.68. The van der Waals surface area contributed by atoms with Gasteiger partial charge in [0.05, 0.1) is 12.2 Å². The number of aryl methyl sites for hydroxylation is 1. The summed E-state index contributed by atoms with van der Waals surface area (Å²) in [5, 5.41) is 3.95. The molecule has 2 unspecified atom stereocenters. The predicted molar refractivity (Wildman–Crippen MR) is 64.8 cm³/mol. The maximum Gasteiger partial charge on any atom is 0.238 e. The summed E-state index contributed by atoms with van der Waals surface area (Å²) in [5.41, 5.74) is 7.00. The Morgan fingerprint density at radius 3 is 3.00 bits per heavy atom. The molecule has 3 heterocycles. The third kappa shape index (κ3) is 1.87. The molecule has 2 aromatic heterocycles. The van der Waals surface area contributed by atoms with Crippen LogP contribution < -0.4 is 5.73 Å². The van der Waals surface area contributed by atoms with Crippen LogP contribution in [0.2, 0.25) is 0 Å². The van der Waals surface area contributed by atoms with Crippen LogP contribution in [0.4, 0.5) is 0 Å². The van der Waals surface area contributed by atoms with Gasteiger partial charge in [-0.1, -0.05) is 5.16 Å². The highest BCUT2D eigenvalue weighted by Crippen LogP contribution is 2.32. The van der Waals surface area contributed by atoms with Crippen LogP contribution in [0, 0.1) is 6.92 Å². The van der Waals surface area contributed by atoms with Crippen molar-refractivity contribution in [3.05, 3.63) is 23.8 Å². The fourth-order valence-corrected chi connectivity index (χ4v) is 3.19. The van der Waals surface area contributed by atoms with Crippen molar-refractivity contribution in [3.8, 4) is 11.6 Å². The highest BCUT2D eigenvalue weighted by Gasteiger charge is 2.31. The van der Waals surface area contributed by atoms with Crippen molar-refractivity contribution >= 4 is 11.8 Å². The van der Waals surface area contributed by atoms with Crippen molar-refractivity contribution in [2.24, 2.45) is 5.73 Å². The molecular formula is C11H13N3O2S. The lowest BCUT2D eigenvalue weighted by atomic mass is 10.1. The molecule has 2 N–H and O–H groups in total. The summed E-state index contributed by atoms with van der Waals surface area (Å²) in [5.74, 6) is 3.85. The van der Waals surface area contributed by atoms with E-state index in [2.05, 4.69) is 10.1 Å². The topological polar surface area (TPSA) is 78.1 Å². The number of aromatic nitrogens is 2. The molecule has 0 aromatic carbocycles. The number of hydrogen-bond donors (Lipinski definition) is 1. The van der Waals surface area contributed by atoms with E-state index in [0.717, 1.165) is 17.1 Å². The van der Waals surface area contributed by atoms with Gasteiger partial charge in [0.1, 0.15) is 0 Å². The fraction of sp³-hybridized carbons (Fsp3) is 0.455. The van der Waals surface area contributed by atoms with Gasteiger partial charge in [-0.3, -0.25) is 0 Å². The Balaban J connectivity index is 1.90. The molecule has 2 atom stereocenters. The van der Waals surface area contributed by atoms with E-state index in [1.54, 1.807) is 6.26 Å². The van der Waals surface area contributed by atoms with Crippen molar-refractivity contribution < 1.29 is 8.94 Å². The van der Waals surface area contributed by atoms with E-state index in [1.165, 1.54) is 0 Å². The van der Waals surface area contributed by atoms with E-state index < -0.39 is 0 Å². The number of thioether (sulfide) groups is 1. The van der Waals surface area contributed by atoms with Crippen LogP contribution in [-0.4, -0.2) is 27.7 Å². The van der Waals surface area contributed by atoms with E-state index in [1.807, 2.05) is 24.8 Å². The van der Waals surface area contributed by atoms with Gasteiger partial charge in [0.15, 0.2) is 5.76 Å². The standard InChI is InChI=1S/C11H13N3O2S/c1-6-2-3-15-9(6)10-13-11(16-14-10)7-4-17-5-8(7)12/h2-3,7-8H,4-5,12H2,1H3. The van der Waals surface area contributed by atoms with Gasteiger partial charge in [-0.15, -0.1) is 0 Å². The molecule has 0 saturated carbocycles. The van der Waals surface area contributed by atoms with Crippen molar-refractivity contribution in [3.63, 3.8) is 0 Å². The lowest BCUT2D eigenvalue weighted by Gasteiger charge is -2.07. The first-order valence-corrected chi connectivity index (χ1v) is 6.62. The molecule has 0 spiro atoms. The average molecular weight is 251 g/mol. The number of nitrogens with two attached hydrogens (primary N) is 1. The smallest absolute Gasteiger partial charge is 0.238 e. The largest absolute Gasteiger partial charge is 0.461 e. The van der Waals surface area contributed by atoms with Gasteiger partial charge in [0, 0.05) is 17.5 Å². The molecule has 5 nitrogen and oxygen atoms in total. The Labute approximate surface area is 103 Å². The molecule has 2 aromatic rings. The molecule has 1 fully saturated rings. The van der Waals surface area contributed by atoms with Gasteiger partial charge in [0.25, 0.3) is 0 Å². The van der Waals surface area contributed by atoms with E-state index in [0.29, 0.717) is 17.5 Å². The summed E-state index contributed by atoms with van der Waals surface area (Å²) in [7, 11) is 0. The molecular weight excluding hydrogens is 238 g/mol. The maximum atomic E-state index is 6.00. The van der Waals surface area contributed by atoms with E-state index >= 15 is 0 Å². The quantitative estimate of drug-likeness (QED) is 0.876. The molecule has 0 amide bonds. The van der Waals surface area contributed by atoms with Gasteiger partial charge < -0.3 is 14.7 Å². The third-order valence-corrected chi connectivity index (χ3v) is 4.16. The van der Waals surface area contributed by atoms with Crippen molar-refractivity contribution in [1.82, 2.24) is 10.1 Å². The molecule has 6 heteroatoms. The molecule has 0 bridgehead atoms. The third-order valence-electron chi connectivity index (χ3n) is 2.95. The first kappa shape index (κ1) is 10.9. The average Bonchev–Trinajstić information content (AvgIpc) is 2.97. The zero-order valence-corrected chi connectivity index (χ0v) is 10.2. The maximum absolute atomic E-state index is 6.00. The van der Waals surface area contributed by atoms with Crippen LogP contribution in [0.15, 0.2) is 21.3 Å². The first-order chi connectivity index (χ1) is 8.25. The molecule has 0 radical (unpaired) electrons. The van der Waals surface area contributed by atoms with Gasteiger partial charge in [0.2, 0.25) is 11.7 Å². The number of furan rings is 1. The Morgan fingerprint density at radius 2 is 2.35 bits per heavy atom. The summed E-state index contributed by atoms with van der Waals surface area (Å²) in [4.78, 5) is 4.38. The zero-order valence-electron chi connectivity index (χ0n) is 9.42. The predicted octanol–water partition coefficient (Wildman–Crippen LogP) is 1.80. The van der Waals surface area contributed by atoms with Gasteiger partial charge in [-0.05, 0) is 18.6 Å². The SMILES string of the molecule is Cc1ccoc1-c1noc(C2CSCC2N)n1. The van der Waals surface area contributed by atoms with Crippen LogP contribution in [0.3, 0.4) is 0 Å². The van der Waals surface area contributed by atoms with Crippen molar-refractivity contribution in [1.29, 1.82) is 0 Å². The minimum atomic E-state index is 0.103. The van der Waals surface area contributed by atoms with E-state index in [-0.39, 0.29) is 12.0 Å². The Morgan fingerprint density at radius 1 is 1.47 bits per heavy atom. The summed E-state index contributed by atoms with van der Waals surface area (Å²) < 4.78 is 10.6. The summed E-state index contributed by atoms with van der Waals surface area (Å²) in [6, 6.07) is 1.98. The van der Waals surface area contributed by atoms with Gasteiger partial charge >= 0.3 is 0 Å². The highest BCUT2D eigenvalue weighted by molar-refractivity contribution is 7.99. The molecule has 3 rings (SSSR count). The number of hydrogen-bond acceptors (Lipinski definition) is 6. The lowest BCUT2D eigenvalue weighted by Crippen LogP contribution is -2.26. The van der Waals surface area contributed by atoms with Crippen LogP contribution >= 0.6 is 11.8 Å². The first-order valence-electron chi connectivity index (χ1n) is 5.47. The minimum absolute atomic E-state index is 0.103. The molecule has 1 aliphatic heterocycles. The Hall–Kier alpha value is -1.27. The van der Waals surface area contributed by atoms with Crippen molar-refractivity contribution in [2.75, 3.05) is 11.5 Å². The number of rotatable bonds is 2. The zero-order chi connectivity index (χ0) is 11.8. The lowest BCUT2D eigenvalue weighted by molar-refractivity contribution is 0.352. The summed E-state index contributed by atoms with van der Waals surface area (Å²) in [6.45, 7) is 1.95. The van der Waals surface area contributed by atoms with Gasteiger partial charge in [-0.2, -0.15) is 16.7 Å². The fourth-order valence-electron chi connectivity index (χ4n) is 1.91. The van der Waals surface area contributed by atoms with Crippen LogP contribution in [0.25, 0.3) is 11.6 Å². The highest BCUT2D eigenvalue weighted by atomic mass is 32.2. The minimum Gasteiger partial charge on any atom is -0.461 e. The summed E-state index contributed by atoms with van der Waals surface area (Å²) >= 11 is 1.82. The molecule has 1 aliphatic rings. The van der Waals surface area contributed by atoms with Crippen LogP contribution in [0.1, 0.15) is 17.4 Å². The van der Waals surface area contributed by atoms with Crippen LogP contribution in [-0.2, 0) is 0 Å². The van der Waals surface area contributed by atoms with E-state index in [9.17, 15) is 0 Å². The molecule has 90 valence electrons. The Bertz CT molecular complexity index is 522. The summed E-state index contributed by atoms with van der Waals surface area (Å²) in [6.07, 6.45) is 1.62.